The molecule has 0 fully saturated rings. The smallest absolute Gasteiger partial charge is 0.183 e. The van der Waals surface area contributed by atoms with Gasteiger partial charge in [-0.3, -0.25) is 0 Å². The molecule has 1 aromatic heterocycles. The quantitative estimate of drug-likeness (QED) is 0.808. The first-order chi connectivity index (χ1) is 6.44. The number of hydrogen-bond acceptors (Lipinski definition) is 4. The van der Waals surface area contributed by atoms with Crippen molar-refractivity contribution in [1.29, 1.82) is 0 Å². The molecule has 0 aliphatic heterocycles. The zero-order valence-corrected chi connectivity index (χ0v) is 10.0. The minimum absolute atomic E-state index is 0.0918. The van der Waals surface area contributed by atoms with E-state index in [0.29, 0.717) is 0 Å². The lowest BCUT2D eigenvalue weighted by atomic mass is 10.0. The molecule has 1 heterocycles. The van der Waals surface area contributed by atoms with E-state index in [2.05, 4.69) is 31.1 Å². The highest BCUT2D eigenvalue weighted by atomic mass is 32.1. The Morgan fingerprint density at radius 3 is 2.50 bits per heavy atom. The van der Waals surface area contributed by atoms with Crippen molar-refractivity contribution >= 4 is 16.5 Å². The molecule has 1 rings (SSSR count). The summed E-state index contributed by atoms with van der Waals surface area (Å²) in [5.74, 6) is 0. The molecule has 1 aromatic rings. The second kappa shape index (κ2) is 4.28. The Hall–Kier alpha value is -0.610. The van der Waals surface area contributed by atoms with E-state index in [4.69, 9.17) is 5.11 Å². The fraction of sp³-hybridized carbons (Fsp3) is 0.700. The van der Waals surface area contributed by atoms with E-state index in [1.54, 1.807) is 11.3 Å². The minimum Gasteiger partial charge on any atom is -0.396 e. The monoisotopic (exact) mass is 214 g/mol. The first-order valence-corrected chi connectivity index (χ1v) is 5.59. The molecule has 0 radical (unpaired) electrons. The van der Waals surface area contributed by atoms with Crippen LogP contribution in [-0.4, -0.2) is 22.2 Å². The number of aliphatic hydroxyl groups is 1. The standard InChI is InChI=1S/C10H18N2OS/c1-7-8(2)14-9(11-7)12-10(3,4)5-6-13/h13H,5-6H2,1-4H3,(H,11,12). The van der Waals surface area contributed by atoms with Crippen molar-refractivity contribution in [3.63, 3.8) is 0 Å². The van der Waals surface area contributed by atoms with Crippen molar-refractivity contribution in [2.45, 2.75) is 39.7 Å². The lowest BCUT2D eigenvalue weighted by molar-refractivity contribution is 0.261. The molecule has 3 nitrogen and oxygen atoms in total. The van der Waals surface area contributed by atoms with Crippen molar-refractivity contribution in [2.24, 2.45) is 0 Å². The van der Waals surface area contributed by atoms with Crippen LogP contribution in [0.5, 0.6) is 0 Å². The number of nitrogens with one attached hydrogen (secondary N) is 1. The molecule has 4 heteroatoms. The number of anilines is 1. The van der Waals surface area contributed by atoms with Gasteiger partial charge in [0.25, 0.3) is 0 Å². The number of thiazole rings is 1. The van der Waals surface area contributed by atoms with Crippen molar-refractivity contribution in [3.8, 4) is 0 Å². The molecule has 0 aliphatic carbocycles. The summed E-state index contributed by atoms with van der Waals surface area (Å²) in [4.78, 5) is 5.65. The average molecular weight is 214 g/mol. The number of aliphatic hydroxyl groups excluding tert-OH is 1. The van der Waals surface area contributed by atoms with E-state index in [1.165, 1.54) is 4.88 Å². The Kier molecular flexibility index (Phi) is 3.50. The summed E-state index contributed by atoms with van der Waals surface area (Å²) in [5.41, 5.74) is 0.989. The number of hydrogen-bond donors (Lipinski definition) is 2. The number of aromatic nitrogens is 1. The van der Waals surface area contributed by atoms with Gasteiger partial charge in [0.15, 0.2) is 5.13 Å². The van der Waals surface area contributed by atoms with Gasteiger partial charge in [-0.1, -0.05) is 0 Å². The fourth-order valence-corrected chi connectivity index (χ4v) is 2.15. The molecule has 0 aliphatic rings. The van der Waals surface area contributed by atoms with Gasteiger partial charge >= 0.3 is 0 Å². The van der Waals surface area contributed by atoms with Gasteiger partial charge in [0.05, 0.1) is 5.69 Å². The first-order valence-electron chi connectivity index (χ1n) is 4.78. The van der Waals surface area contributed by atoms with Crippen LogP contribution in [0, 0.1) is 13.8 Å². The molecule has 0 spiro atoms. The average Bonchev–Trinajstić information content (AvgIpc) is 2.29. The van der Waals surface area contributed by atoms with Crippen LogP contribution < -0.4 is 5.32 Å². The molecule has 80 valence electrons. The lowest BCUT2D eigenvalue weighted by Gasteiger charge is -2.24. The lowest BCUT2D eigenvalue weighted by Crippen LogP contribution is -2.31. The van der Waals surface area contributed by atoms with E-state index in [0.717, 1.165) is 17.2 Å². The summed E-state index contributed by atoms with van der Waals surface area (Å²) < 4.78 is 0. The SMILES string of the molecule is Cc1nc(NC(C)(C)CCO)sc1C. The van der Waals surface area contributed by atoms with Crippen LogP contribution in [-0.2, 0) is 0 Å². The molecular formula is C10H18N2OS. The van der Waals surface area contributed by atoms with E-state index in [1.807, 2.05) is 6.92 Å². The van der Waals surface area contributed by atoms with Crippen molar-refractivity contribution < 1.29 is 5.11 Å². The zero-order chi connectivity index (χ0) is 10.8. The molecule has 14 heavy (non-hydrogen) atoms. The summed E-state index contributed by atoms with van der Waals surface area (Å²) in [6, 6.07) is 0. The molecular weight excluding hydrogens is 196 g/mol. The van der Waals surface area contributed by atoms with Gasteiger partial charge in [-0.05, 0) is 34.1 Å². The van der Waals surface area contributed by atoms with Crippen molar-refractivity contribution in [3.05, 3.63) is 10.6 Å². The van der Waals surface area contributed by atoms with Gasteiger partial charge in [0.2, 0.25) is 0 Å². The summed E-state index contributed by atoms with van der Waals surface area (Å²) in [6.45, 7) is 8.40. The molecule has 0 unspecified atom stereocenters. The molecule has 0 amide bonds. The third-order valence-corrected chi connectivity index (χ3v) is 3.20. The normalized spacial score (nSPS) is 11.8. The second-order valence-corrected chi connectivity index (χ2v) is 5.35. The molecule has 2 N–H and O–H groups in total. The third-order valence-electron chi connectivity index (χ3n) is 2.21. The van der Waals surface area contributed by atoms with Gasteiger partial charge < -0.3 is 10.4 Å². The maximum Gasteiger partial charge on any atom is 0.183 e. The maximum absolute atomic E-state index is 8.88. The van der Waals surface area contributed by atoms with Crippen molar-refractivity contribution in [1.82, 2.24) is 4.98 Å². The highest BCUT2D eigenvalue weighted by Crippen LogP contribution is 2.25. The first kappa shape index (κ1) is 11.5. The largest absolute Gasteiger partial charge is 0.396 e. The Balaban J connectivity index is 2.68. The molecule has 0 bridgehead atoms. The Labute approximate surface area is 89.2 Å². The maximum atomic E-state index is 8.88. The van der Waals surface area contributed by atoms with E-state index >= 15 is 0 Å². The second-order valence-electron chi connectivity index (χ2n) is 4.14. The van der Waals surface area contributed by atoms with Crippen LogP contribution in [0.3, 0.4) is 0 Å². The zero-order valence-electron chi connectivity index (χ0n) is 9.22. The Bertz CT molecular complexity index is 288. The molecule has 0 aromatic carbocycles. The number of nitrogens with zero attached hydrogens (tertiary/aromatic N) is 1. The van der Waals surface area contributed by atoms with Gasteiger partial charge in [0, 0.05) is 17.0 Å². The van der Waals surface area contributed by atoms with E-state index < -0.39 is 0 Å². The highest BCUT2D eigenvalue weighted by molar-refractivity contribution is 7.15. The van der Waals surface area contributed by atoms with E-state index in [9.17, 15) is 0 Å². The third kappa shape index (κ3) is 2.96. The minimum atomic E-state index is -0.0918. The Morgan fingerprint density at radius 2 is 2.07 bits per heavy atom. The summed E-state index contributed by atoms with van der Waals surface area (Å²) in [6.07, 6.45) is 0.727. The van der Waals surface area contributed by atoms with Crippen LogP contribution in [0.4, 0.5) is 5.13 Å². The molecule has 0 saturated carbocycles. The summed E-state index contributed by atoms with van der Waals surface area (Å²) in [7, 11) is 0. The predicted molar refractivity (Wildman–Crippen MR) is 61.0 cm³/mol. The molecule has 0 saturated heterocycles. The molecule has 0 atom stereocenters. The fourth-order valence-electron chi connectivity index (χ4n) is 1.16. The van der Waals surface area contributed by atoms with Gasteiger partial charge in [0.1, 0.15) is 0 Å². The summed E-state index contributed by atoms with van der Waals surface area (Å²) in [5, 5.41) is 13.2. The van der Waals surface area contributed by atoms with Gasteiger partial charge in [-0.25, -0.2) is 4.98 Å². The van der Waals surface area contributed by atoms with Crippen LogP contribution in [0.15, 0.2) is 0 Å². The topological polar surface area (TPSA) is 45.2 Å². The highest BCUT2D eigenvalue weighted by Gasteiger charge is 2.18. The van der Waals surface area contributed by atoms with E-state index in [-0.39, 0.29) is 12.1 Å². The number of aryl methyl sites for hydroxylation is 2. The van der Waals surface area contributed by atoms with Gasteiger partial charge in [-0.2, -0.15) is 0 Å². The van der Waals surface area contributed by atoms with Crippen LogP contribution in [0.2, 0.25) is 0 Å². The van der Waals surface area contributed by atoms with Crippen LogP contribution in [0.25, 0.3) is 0 Å². The van der Waals surface area contributed by atoms with Gasteiger partial charge in [-0.15, -0.1) is 11.3 Å². The van der Waals surface area contributed by atoms with Crippen LogP contribution >= 0.6 is 11.3 Å². The predicted octanol–water partition coefficient (Wildman–Crippen LogP) is 2.33. The van der Waals surface area contributed by atoms with Crippen molar-refractivity contribution in [2.75, 3.05) is 11.9 Å². The number of rotatable bonds is 4. The summed E-state index contributed by atoms with van der Waals surface area (Å²) >= 11 is 1.66. The van der Waals surface area contributed by atoms with Crippen LogP contribution in [0.1, 0.15) is 30.8 Å². The Morgan fingerprint density at radius 1 is 1.43 bits per heavy atom.